The lowest BCUT2D eigenvalue weighted by molar-refractivity contribution is 0.0774. The van der Waals surface area contributed by atoms with Crippen molar-refractivity contribution in [1.82, 2.24) is 4.90 Å². The second-order valence-electron chi connectivity index (χ2n) is 5.15. The maximum atomic E-state index is 11.6. The Bertz CT molecular complexity index is 228. The Labute approximate surface area is 91.8 Å². The molecule has 1 saturated carbocycles. The lowest BCUT2D eigenvalue weighted by Crippen LogP contribution is -2.40. The summed E-state index contributed by atoms with van der Waals surface area (Å²) in [6.07, 6.45) is 4.55. The first kappa shape index (κ1) is 10.8. The molecular weight excluding hydrogens is 190 g/mol. The molecule has 1 heterocycles. The number of nitrogens with zero attached hydrogens (tertiary/aromatic N) is 1. The molecule has 2 rings (SSSR count). The number of ether oxygens (including phenoxy) is 1. The second kappa shape index (κ2) is 4.42. The molecule has 15 heavy (non-hydrogen) atoms. The van der Waals surface area contributed by atoms with E-state index in [2.05, 4.69) is 13.8 Å². The molecule has 1 saturated heterocycles. The molecule has 2 aliphatic rings. The van der Waals surface area contributed by atoms with Crippen molar-refractivity contribution in [3.8, 4) is 0 Å². The normalized spacial score (nSPS) is 23.3. The maximum absolute atomic E-state index is 11.6. The molecule has 0 radical (unpaired) electrons. The van der Waals surface area contributed by atoms with Crippen molar-refractivity contribution in [3.63, 3.8) is 0 Å². The van der Waals surface area contributed by atoms with Crippen molar-refractivity contribution >= 4 is 6.09 Å². The van der Waals surface area contributed by atoms with Crippen LogP contribution in [0.3, 0.4) is 0 Å². The molecule has 0 aromatic rings. The third-order valence-corrected chi connectivity index (χ3v) is 3.53. The molecule has 1 aliphatic carbocycles. The number of hydrogen-bond acceptors (Lipinski definition) is 2. The van der Waals surface area contributed by atoms with Gasteiger partial charge in [0.2, 0.25) is 0 Å². The van der Waals surface area contributed by atoms with Gasteiger partial charge in [0, 0.05) is 13.1 Å². The summed E-state index contributed by atoms with van der Waals surface area (Å²) in [5.41, 5.74) is 0. The summed E-state index contributed by atoms with van der Waals surface area (Å²) in [6.45, 7) is 6.30. The highest BCUT2D eigenvalue weighted by Crippen LogP contribution is 2.27. The topological polar surface area (TPSA) is 29.5 Å². The van der Waals surface area contributed by atoms with E-state index < -0.39 is 0 Å². The second-order valence-corrected chi connectivity index (χ2v) is 5.15. The number of carbonyl (C=O) groups excluding carboxylic acids is 1. The van der Waals surface area contributed by atoms with Gasteiger partial charge in [-0.15, -0.1) is 0 Å². The number of likely N-dealkylation sites (tertiary alicyclic amines) is 1. The molecule has 0 atom stereocenters. The van der Waals surface area contributed by atoms with Crippen LogP contribution < -0.4 is 0 Å². The molecule has 3 heteroatoms. The molecule has 2 fully saturated rings. The molecule has 1 aliphatic heterocycles. The average Bonchev–Trinajstić information content (AvgIpc) is 3.02. The summed E-state index contributed by atoms with van der Waals surface area (Å²) < 4.78 is 5.28. The van der Waals surface area contributed by atoms with Crippen LogP contribution in [0.2, 0.25) is 0 Å². The number of rotatable bonds is 2. The first-order valence-electron chi connectivity index (χ1n) is 6.12. The third kappa shape index (κ3) is 2.86. The van der Waals surface area contributed by atoms with Gasteiger partial charge in [0.05, 0.1) is 0 Å². The Morgan fingerprint density at radius 1 is 1.20 bits per heavy atom. The molecule has 0 N–H and O–H groups in total. The van der Waals surface area contributed by atoms with E-state index in [-0.39, 0.29) is 12.2 Å². The highest BCUT2D eigenvalue weighted by Gasteiger charge is 2.30. The molecule has 3 nitrogen and oxygen atoms in total. The van der Waals surface area contributed by atoms with Crippen molar-refractivity contribution in [3.05, 3.63) is 0 Å². The SMILES string of the molecule is CC(C)C1CCN(C(=O)OC2CC2)CC1. The van der Waals surface area contributed by atoms with Gasteiger partial charge in [0.1, 0.15) is 6.10 Å². The molecule has 0 bridgehead atoms. The molecule has 0 aromatic carbocycles. The van der Waals surface area contributed by atoms with E-state index in [4.69, 9.17) is 4.74 Å². The Kier molecular flexibility index (Phi) is 3.17. The van der Waals surface area contributed by atoms with Crippen LogP contribution in [0.25, 0.3) is 0 Å². The summed E-state index contributed by atoms with van der Waals surface area (Å²) in [6, 6.07) is 0. The summed E-state index contributed by atoms with van der Waals surface area (Å²) in [5, 5.41) is 0. The number of hydrogen-bond donors (Lipinski definition) is 0. The van der Waals surface area contributed by atoms with Gasteiger partial charge in [-0.2, -0.15) is 0 Å². The maximum Gasteiger partial charge on any atom is 0.410 e. The van der Waals surface area contributed by atoms with Gasteiger partial charge in [-0.05, 0) is 37.5 Å². The summed E-state index contributed by atoms with van der Waals surface area (Å²) in [7, 11) is 0. The van der Waals surface area contributed by atoms with Crippen molar-refractivity contribution in [1.29, 1.82) is 0 Å². The molecule has 1 amide bonds. The van der Waals surface area contributed by atoms with Gasteiger partial charge < -0.3 is 9.64 Å². The first-order valence-corrected chi connectivity index (χ1v) is 6.12. The van der Waals surface area contributed by atoms with Crippen LogP contribution in [-0.4, -0.2) is 30.2 Å². The fourth-order valence-corrected chi connectivity index (χ4v) is 2.15. The van der Waals surface area contributed by atoms with Crippen LogP contribution in [0, 0.1) is 11.8 Å². The number of piperidine rings is 1. The number of amides is 1. The zero-order chi connectivity index (χ0) is 10.8. The average molecular weight is 211 g/mol. The smallest absolute Gasteiger partial charge is 0.410 e. The van der Waals surface area contributed by atoms with Crippen LogP contribution in [-0.2, 0) is 4.74 Å². The Hall–Kier alpha value is -0.730. The van der Waals surface area contributed by atoms with Gasteiger partial charge in [-0.1, -0.05) is 13.8 Å². The summed E-state index contributed by atoms with van der Waals surface area (Å²) in [4.78, 5) is 13.5. The van der Waals surface area contributed by atoms with E-state index in [0.29, 0.717) is 0 Å². The number of carbonyl (C=O) groups is 1. The predicted molar refractivity (Wildman–Crippen MR) is 58.6 cm³/mol. The fourth-order valence-electron chi connectivity index (χ4n) is 2.15. The molecule has 0 unspecified atom stereocenters. The van der Waals surface area contributed by atoms with E-state index in [0.717, 1.165) is 50.6 Å². The van der Waals surface area contributed by atoms with Gasteiger partial charge in [-0.3, -0.25) is 0 Å². The summed E-state index contributed by atoms with van der Waals surface area (Å²) >= 11 is 0. The Morgan fingerprint density at radius 2 is 1.80 bits per heavy atom. The van der Waals surface area contributed by atoms with Crippen LogP contribution in [0.1, 0.15) is 39.5 Å². The molecule has 0 spiro atoms. The Balaban J connectivity index is 1.74. The zero-order valence-corrected chi connectivity index (χ0v) is 9.74. The minimum Gasteiger partial charge on any atom is -0.446 e. The lowest BCUT2D eigenvalue weighted by Gasteiger charge is -2.33. The van der Waals surface area contributed by atoms with Crippen LogP contribution in [0.4, 0.5) is 4.79 Å². The minimum absolute atomic E-state index is 0.0836. The van der Waals surface area contributed by atoms with Crippen molar-refractivity contribution < 1.29 is 9.53 Å². The van der Waals surface area contributed by atoms with Crippen molar-refractivity contribution in [2.45, 2.75) is 45.6 Å². The zero-order valence-electron chi connectivity index (χ0n) is 9.74. The fraction of sp³-hybridized carbons (Fsp3) is 0.917. The molecule has 0 aromatic heterocycles. The third-order valence-electron chi connectivity index (χ3n) is 3.53. The lowest BCUT2D eigenvalue weighted by atomic mass is 9.87. The van der Waals surface area contributed by atoms with E-state index >= 15 is 0 Å². The van der Waals surface area contributed by atoms with Crippen molar-refractivity contribution in [2.24, 2.45) is 11.8 Å². The highest BCUT2D eigenvalue weighted by molar-refractivity contribution is 5.68. The van der Waals surface area contributed by atoms with E-state index in [1.54, 1.807) is 0 Å². The predicted octanol–water partition coefficient (Wildman–Crippen LogP) is 2.65. The van der Waals surface area contributed by atoms with E-state index in [1.807, 2.05) is 4.90 Å². The largest absolute Gasteiger partial charge is 0.446 e. The van der Waals surface area contributed by atoms with Crippen molar-refractivity contribution in [2.75, 3.05) is 13.1 Å². The van der Waals surface area contributed by atoms with E-state index in [1.165, 1.54) is 0 Å². The summed E-state index contributed by atoms with van der Waals surface area (Å²) in [5.74, 6) is 1.53. The minimum atomic E-state index is -0.0836. The highest BCUT2D eigenvalue weighted by atomic mass is 16.6. The monoisotopic (exact) mass is 211 g/mol. The molecule has 86 valence electrons. The standard InChI is InChI=1S/C12H21NO2/c1-9(2)10-5-7-13(8-6-10)12(14)15-11-3-4-11/h9-11H,3-8H2,1-2H3. The van der Waals surface area contributed by atoms with Crippen LogP contribution in [0.15, 0.2) is 0 Å². The van der Waals surface area contributed by atoms with E-state index in [9.17, 15) is 4.79 Å². The van der Waals surface area contributed by atoms with Crippen LogP contribution in [0.5, 0.6) is 0 Å². The van der Waals surface area contributed by atoms with Gasteiger partial charge >= 0.3 is 6.09 Å². The Morgan fingerprint density at radius 3 is 2.27 bits per heavy atom. The van der Waals surface area contributed by atoms with Gasteiger partial charge in [0.15, 0.2) is 0 Å². The molecular formula is C12H21NO2. The van der Waals surface area contributed by atoms with Gasteiger partial charge in [-0.25, -0.2) is 4.79 Å². The first-order chi connectivity index (χ1) is 7.16. The van der Waals surface area contributed by atoms with Gasteiger partial charge in [0.25, 0.3) is 0 Å². The quantitative estimate of drug-likeness (QED) is 0.702. The van der Waals surface area contributed by atoms with Crippen LogP contribution >= 0.6 is 0 Å².